The first-order chi connectivity index (χ1) is 8.52. The number of rotatable bonds is 7. The lowest BCUT2D eigenvalue weighted by Crippen LogP contribution is -2.11. The van der Waals surface area contributed by atoms with Crippen LogP contribution in [0.4, 0.5) is 15.8 Å². The Morgan fingerprint density at radius 1 is 1.61 bits per heavy atom. The second-order valence-electron chi connectivity index (χ2n) is 3.83. The van der Waals surface area contributed by atoms with Crippen molar-refractivity contribution in [1.29, 1.82) is 0 Å². The Morgan fingerprint density at radius 3 is 2.94 bits per heavy atom. The number of benzene rings is 1. The van der Waals surface area contributed by atoms with Crippen LogP contribution in [0, 0.1) is 15.9 Å². The molecule has 0 unspecified atom stereocenters. The van der Waals surface area contributed by atoms with Gasteiger partial charge in [-0.1, -0.05) is 18.2 Å². The van der Waals surface area contributed by atoms with Crippen LogP contribution < -0.4 is 5.32 Å². The van der Waals surface area contributed by atoms with Gasteiger partial charge in [-0.05, 0) is 19.1 Å². The molecule has 0 atom stereocenters. The highest BCUT2D eigenvalue weighted by Crippen LogP contribution is 2.26. The van der Waals surface area contributed by atoms with Gasteiger partial charge in [0.05, 0.1) is 18.1 Å². The topological polar surface area (TPSA) is 64.4 Å². The molecule has 0 aromatic heterocycles. The zero-order valence-electron chi connectivity index (χ0n) is 10.1. The lowest BCUT2D eigenvalue weighted by molar-refractivity contribution is -0.386. The van der Waals surface area contributed by atoms with Crippen molar-refractivity contribution >= 4 is 11.4 Å². The molecule has 0 saturated heterocycles. The van der Waals surface area contributed by atoms with Crippen molar-refractivity contribution in [1.82, 2.24) is 0 Å². The van der Waals surface area contributed by atoms with E-state index in [0.717, 1.165) is 11.6 Å². The molecule has 0 aliphatic carbocycles. The Morgan fingerprint density at radius 2 is 2.33 bits per heavy atom. The highest BCUT2D eigenvalue weighted by molar-refractivity contribution is 5.61. The molecule has 0 saturated carbocycles. The minimum Gasteiger partial charge on any atom is -0.377 e. The van der Waals surface area contributed by atoms with E-state index in [1.165, 1.54) is 12.1 Å². The van der Waals surface area contributed by atoms with Crippen molar-refractivity contribution < 1.29 is 14.1 Å². The van der Waals surface area contributed by atoms with Gasteiger partial charge in [-0.15, -0.1) is 0 Å². The summed E-state index contributed by atoms with van der Waals surface area (Å²) in [5.41, 5.74) is 0.503. The molecule has 5 nitrogen and oxygen atoms in total. The van der Waals surface area contributed by atoms with Crippen molar-refractivity contribution in [2.24, 2.45) is 0 Å². The molecular formula is C12H15FN2O3. The molecule has 0 aliphatic heterocycles. The van der Waals surface area contributed by atoms with E-state index in [-0.39, 0.29) is 5.69 Å². The molecule has 1 aromatic rings. The van der Waals surface area contributed by atoms with Crippen LogP contribution in [0.2, 0.25) is 0 Å². The highest BCUT2D eigenvalue weighted by Gasteiger charge is 2.19. The smallest absolute Gasteiger partial charge is 0.327 e. The number of nitro benzene ring substituents is 1. The SMILES string of the molecule is C=C(C)COCCNc1cccc(F)c1[N+](=O)[O-]. The summed E-state index contributed by atoms with van der Waals surface area (Å²) < 4.78 is 18.5. The zero-order valence-corrected chi connectivity index (χ0v) is 10.1. The quantitative estimate of drug-likeness (QED) is 0.351. The molecule has 0 radical (unpaired) electrons. The second-order valence-corrected chi connectivity index (χ2v) is 3.83. The third-order valence-electron chi connectivity index (χ3n) is 2.08. The molecule has 0 aliphatic rings. The molecule has 1 aromatic carbocycles. The predicted molar refractivity (Wildman–Crippen MR) is 67.2 cm³/mol. The van der Waals surface area contributed by atoms with Crippen LogP contribution in [0.3, 0.4) is 0 Å². The average molecular weight is 254 g/mol. The minimum absolute atomic E-state index is 0.152. The largest absolute Gasteiger partial charge is 0.377 e. The molecule has 0 fully saturated rings. The second kappa shape index (κ2) is 6.70. The Hall–Kier alpha value is -1.95. The van der Waals surface area contributed by atoms with Gasteiger partial charge in [0.25, 0.3) is 0 Å². The van der Waals surface area contributed by atoms with Crippen LogP contribution in [0.15, 0.2) is 30.4 Å². The summed E-state index contributed by atoms with van der Waals surface area (Å²) in [6.07, 6.45) is 0. The molecule has 18 heavy (non-hydrogen) atoms. The predicted octanol–water partition coefficient (Wildman–Crippen LogP) is 2.74. The summed E-state index contributed by atoms with van der Waals surface area (Å²) >= 11 is 0. The summed E-state index contributed by atoms with van der Waals surface area (Å²) in [5.74, 6) is -0.854. The summed E-state index contributed by atoms with van der Waals surface area (Å²) in [4.78, 5) is 9.96. The van der Waals surface area contributed by atoms with E-state index in [2.05, 4.69) is 11.9 Å². The molecule has 6 heteroatoms. The minimum atomic E-state index is -0.854. The summed E-state index contributed by atoms with van der Waals surface area (Å²) in [5, 5.41) is 13.5. The van der Waals surface area contributed by atoms with Gasteiger partial charge in [-0.2, -0.15) is 4.39 Å². The maximum absolute atomic E-state index is 13.3. The van der Waals surface area contributed by atoms with Crippen LogP contribution in [0.25, 0.3) is 0 Å². The van der Waals surface area contributed by atoms with E-state index in [1.807, 2.05) is 6.92 Å². The molecule has 0 bridgehead atoms. The van der Waals surface area contributed by atoms with Crippen molar-refractivity contribution in [2.45, 2.75) is 6.92 Å². The van der Waals surface area contributed by atoms with Crippen LogP contribution >= 0.6 is 0 Å². The number of ether oxygens (including phenoxy) is 1. The standard InChI is InChI=1S/C12H15FN2O3/c1-9(2)8-18-7-6-14-11-5-3-4-10(13)12(11)15(16)17/h3-5,14H,1,6-8H2,2H3. The number of hydrogen-bond acceptors (Lipinski definition) is 4. The van der Waals surface area contributed by atoms with Crippen molar-refractivity contribution in [3.05, 3.63) is 46.3 Å². The molecule has 0 spiro atoms. The molecule has 0 heterocycles. The molecular weight excluding hydrogens is 239 g/mol. The van der Waals surface area contributed by atoms with Crippen molar-refractivity contribution in [2.75, 3.05) is 25.1 Å². The first-order valence-electron chi connectivity index (χ1n) is 5.41. The van der Waals surface area contributed by atoms with Crippen LogP contribution in [0.1, 0.15) is 6.92 Å². The van der Waals surface area contributed by atoms with Gasteiger partial charge in [-0.3, -0.25) is 10.1 Å². The molecule has 1 rings (SSSR count). The summed E-state index contributed by atoms with van der Waals surface area (Å²) in [6.45, 7) is 6.67. The Bertz CT molecular complexity index is 449. The number of halogens is 1. The summed E-state index contributed by atoms with van der Waals surface area (Å²) in [7, 11) is 0. The fraction of sp³-hybridized carbons (Fsp3) is 0.333. The van der Waals surface area contributed by atoms with E-state index in [4.69, 9.17) is 4.74 Å². The number of nitrogens with one attached hydrogen (secondary N) is 1. The van der Waals surface area contributed by atoms with Gasteiger partial charge in [-0.25, -0.2) is 0 Å². The third kappa shape index (κ3) is 4.14. The Balaban J connectivity index is 2.54. The number of nitro groups is 1. The van der Waals surface area contributed by atoms with Gasteiger partial charge in [0.1, 0.15) is 5.69 Å². The average Bonchev–Trinajstić information content (AvgIpc) is 2.27. The first-order valence-corrected chi connectivity index (χ1v) is 5.41. The van der Waals surface area contributed by atoms with E-state index in [1.54, 1.807) is 0 Å². The number of para-hydroxylation sites is 1. The first kappa shape index (κ1) is 14.1. The van der Waals surface area contributed by atoms with Gasteiger partial charge in [0.2, 0.25) is 5.82 Å². The van der Waals surface area contributed by atoms with Gasteiger partial charge in [0, 0.05) is 6.54 Å². The Labute approximate surface area is 104 Å². The number of anilines is 1. The third-order valence-corrected chi connectivity index (χ3v) is 2.08. The molecule has 1 N–H and O–H groups in total. The molecule has 98 valence electrons. The van der Waals surface area contributed by atoms with Crippen LogP contribution in [-0.4, -0.2) is 24.7 Å². The highest BCUT2D eigenvalue weighted by atomic mass is 19.1. The van der Waals surface area contributed by atoms with Crippen LogP contribution in [-0.2, 0) is 4.74 Å². The number of nitrogens with zero attached hydrogens (tertiary/aromatic N) is 1. The van der Waals surface area contributed by atoms with E-state index in [0.29, 0.717) is 19.8 Å². The van der Waals surface area contributed by atoms with Crippen molar-refractivity contribution in [3.8, 4) is 0 Å². The summed E-state index contributed by atoms with van der Waals surface area (Å²) in [6, 6.07) is 3.93. The van der Waals surface area contributed by atoms with Gasteiger partial charge >= 0.3 is 5.69 Å². The van der Waals surface area contributed by atoms with E-state index in [9.17, 15) is 14.5 Å². The van der Waals surface area contributed by atoms with Crippen molar-refractivity contribution in [3.63, 3.8) is 0 Å². The zero-order chi connectivity index (χ0) is 13.5. The normalized spacial score (nSPS) is 10.1. The lowest BCUT2D eigenvalue weighted by Gasteiger charge is -2.08. The van der Waals surface area contributed by atoms with Gasteiger partial charge < -0.3 is 10.1 Å². The van der Waals surface area contributed by atoms with E-state index >= 15 is 0 Å². The fourth-order valence-corrected chi connectivity index (χ4v) is 1.35. The van der Waals surface area contributed by atoms with E-state index < -0.39 is 16.4 Å². The van der Waals surface area contributed by atoms with Crippen LogP contribution in [0.5, 0.6) is 0 Å². The fourth-order valence-electron chi connectivity index (χ4n) is 1.35. The maximum Gasteiger partial charge on any atom is 0.327 e. The number of hydrogen-bond donors (Lipinski definition) is 1. The lowest BCUT2D eigenvalue weighted by atomic mass is 10.2. The maximum atomic E-state index is 13.3. The molecule has 0 amide bonds. The van der Waals surface area contributed by atoms with Gasteiger partial charge in [0.15, 0.2) is 0 Å². The monoisotopic (exact) mass is 254 g/mol. The Kier molecular flexibility index (Phi) is 5.26.